The number of allylic oxidation sites excluding steroid dienone is 2. The predicted octanol–water partition coefficient (Wildman–Crippen LogP) is 3.30. The van der Waals surface area contributed by atoms with E-state index in [1.54, 1.807) is 32.4 Å². The minimum atomic E-state index is -0.810. The summed E-state index contributed by atoms with van der Waals surface area (Å²) in [5.41, 5.74) is 0.563. The molecule has 0 amide bonds. The van der Waals surface area contributed by atoms with Gasteiger partial charge in [0.15, 0.2) is 23.0 Å². The third-order valence-corrected chi connectivity index (χ3v) is 6.36. The summed E-state index contributed by atoms with van der Waals surface area (Å²) < 4.78 is 27.8. The Labute approximate surface area is 177 Å². The highest BCUT2D eigenvalue weighted by Crippen LogP contribution is 2.56. The minimum Gasteiger partial charge on any atom is -0.493 e. The van der Waals surface area contributed by atoms with E-state index in [4.69, 9.17) is 23.7 Å². The molecule has 0 aliphatic heterocycles. The standard InChI is InChI=1S/C23H30O7/c1-12-9-23(10-16(27-4)20(25)17(11-23)28-5)18-14(19(24)13(12)2)8-15(26-3)21(29-6)22(18)30-7/h8,10-13,19,24H,9H2,1-7H3/t12-,13+,19+/m1/s1. The Balaban J connectivity index is 2.48. The molecule has 2 aliphatic rings. The molecule has 1 spiro atoms. The summed E-state index contributed by atoms with van der Waals surface area (Å²) in [7, 11) is 7.54. The lowest BCUT2D eigenvalue weighted by Gasteiger charge is -2.35. The number of carbonyl (C=O) groups excluding carboxylic acids is 1. The molecule has 7 nitrogen and oxygen atoms in total. The number of hydrogen-bond donors (Lipinski definition) is 1. The van der Waals surface area contributed by atoms with Crippen molar-refractivity contribution in [2.24, 2.45) is 11.8 Å². The number of carbonyl (C=O) groups is 1. The molecule has 0 heterocycles. The zero-order valence-corrected chi connectivity index (χ0v) is 18.6. The van der Waals surface area contributed by atoms with E-state index < -0.39 is 11.5 Å². The Kier molecular flexibility index (Phi) is 6.04. The highest BCUT2D eigenvalue weighted by atomic mass is 16.5. The summed E-state index contributed by atoms with van der Waals surface area (Å²) in [6.07, 6.45) is 3.44. The van der Waals surface area contributed by atoms with Crippen molar-refractivity contribution >= 4 is 5.78 Å². The number of rotatable bonds is 5. The van der Waals surface area contributed by atoms with Crippen LogP contribution in [-0.4, -0.2) is 46.4 Å². The molecular weight excluding hydrogens is 388 g/mol. The average molecular weight is 418 g/mol. The SMILES string of the molecule is COC1=CC2(C=C(OC)C1=O)C[C@@H](C)[C@H](C)[C@H](O)c1cc(OC)c(OC)c(OC)c12. The minimum absolute atomic E-state index is 0.0534. The van der Waals surface area contributed by atoms with Gasteiger partial charge in [0, 0.05) is 11.0 Å². The van der Waals surface area contributed by atoms with Crippen LogP contribution in [0.5, 0.6) is 17.2 Å². The lowest BCUT2D eigenvalue weighted by molar-refractivity contribution is -0.118. The first-order valence-electron chi connectivity index (χ1n) is 9.88. The lowest BCUT2D eigenvalue weighted by Crippen LogP contribution is -2.32. The van der Waals surface area contributed by atoms with Crippen LogP contribution in [-0.2, 0) is 19.7 Å². The van der Waals surface area contributed by atoms with E-state index >= 15 is 0 Å². The first kappa shape index (κ1) is 22.0. The van der Waals surface area contributed by atoms with Gasteiger partial charge in [-0.15, -0.1) is 0 Å². The van der Waals surface area contributed by atoms with Crippen LogP contribution in [0.3, 0.4) is 0 Å². The second-order valence-electron chi connectivity index (χ2n) is 7.89. The van der Waals surface area contributed by atoms with Gasteiger partial charge in [0.05, 0.1) is 41.7 Å². The first-order chi connectivity index (χ1) is 14.3. The largest absolute Gasteiger partial charge is 0.493 e. The van der Waals surface area contributed by atoms with Crippen molar-refractivity contribution < 1.29 is 33.6 Å². The zero-order valence-electron chi connectivity index (χ0n) is 18.6. The average Bonchev–Trinajstić information content (AvgIpc) is 2.83. The molecule has 0 fully saturated rings. The van der Waals surface area contributed by atoms with Crippen molar-refractivity contribution in [3.8, 4) is 17.2 Å². The number of ketones is 1. The lowest BCUT2D eigenvalue weighted by atomic mass is 9.70. The van der Waals surface area contributed by atoms with E-state index in [1.165, 1.54) is 21.3 Å². The normalized spacial score (nSPS) is 24.9. The van der Waals surface area contributed by atoms with Gasteiger partial charge in [-0.2, -0.15) is 0 Å². The molecule has 30 heavy (non-hydrogen) atoms. The second-order valence-corrected chi connectivity index (χ2v) is 7.89. The molecule has 3 rings (SSSR count). The maximum Gasteiger partial charge on any atom is 0.261 e. The van der Waals surface area contributed by atoms with Crippen LogP contribution in [0.15, 0.2) is 29.7 Å². The number of fused-ring (bicyclic) bond motifs is 2. The van der Waals surface area contributed by atoms with Crippen LogP contribution < -0.4 is 14.2 Å². The van der Waals surface area contributed by atoms with E-state index in [2.05, 4.69) is 6.92 Å². The van der Waals surface area contributed by atoms with Gasteiger partial charge in [-0.05, 0) is 42.0 Å². The van der Waals surface area contributed by atoms with E-state index in [9.17, 15) is 9.90 Å². The Bertz CT molecular complexity index is 875. The number of hydrogen-bond acceptors (Lipinski definition) is 7. The van der Waals surface area contributed by atoms with Crippen LogP contribution in [0.25, 0.3) is 0 Å². The van der Waals surface area contributed by atoms with Crippen LogP contribution in [0, 0.1) is 11.8 Å². The Morgan fingerprint density at radius 3 is 1.93 bits per heavy atom. The second kappa shape index (κ2) is 8.22. The van der Waals surface area contributed by atoms with Gasteiger partial charge in [0.2, 0.25) is 5.75 Å². The van der Waals surface area contributed by atoms with Crippen LogP contribution in [0.2, 0.25) is 0 Å². The van der Waals surface area contributed by atoms with Crippen LogP contribution in [0.4, 0.5) is 0 Å². The van der Waals surface area contributed by atoms with Crippen LogP contribution in [0.1, 0.15) is 37.5 Å². The molecule has 1 aromatic rings. The van der Waals surface area contributed by atoms with Gasteiger partial charge in [-0.3, -0.25) is 4.79 Å². The molecule has 0 aromatic heterocycles. The van der Waals surface area contributed by atoms with Gasteiger partial charge >= 0.3 is 0 Å². The molecule has 164 valence electrons. The summed E-state index contributed by atoms with van der Waals surface area (Å²) in [5, 5.41) is 11.3. The third kappa shape index (κ3) is 3.21. The van der Waals surface area contributed by atoms with Gasteiger partial charge < -0.3 is 28.8 Å². The van der Waals surface area contributed by atoms with Crippen molar-refractivity contribution in [1.29, 1.82) is 0 Å². The van der Waals surface area contributed by atoms with Crippen LogP contribution >= 0.6 is 0 Å². The molecule has 3 atom stereocenters. The molecule has 0 unspecified atom stereocenters. The fourth-order valence-corrected chi connectivity index (χ4v) is 4.63. The monoisotopic (exact) mass is 418 g/mol. The highest BCUT2D eigenvalue weighted by molar-refractivity contribution is 6.07. The maximum atomic E-state index is 12.7. The van der Waals surface area contributed by atoms with Gasteiger partial charge in [0.25, 0.3) is 5.78 Å². The number of aliphatic hydroxyl groups excluding tert-OH is 1. The molecule has 7 heteroatoms. The Hall–Kier alpha value is -2.67. The molecule has 2 aliphatic carbocycles. The predicted molar refractivity (Wildman–Crippen MR) is 111 cm³/mol. The summed E-state index contributed by atoms with van der Waals surface area (Å²) in [6.45, 7) is 4.09. The van der Waals surface area contributed by atoms with E-state index in [-0.39, 0.29) is 29.1 Å². The fourth-order valence-electron chi connectivity index (χ4n) is 4.63. The van der Waals surface area contributed by atoms with E-state index in [0.717, 1.165) is 0 Å². The molecule has 0 saturated heterocycles. The van der Waals surface area contributed by atoms with Gasteiger partial charge in [-0.1, -0.05) is 13.8 Å². The Morgan fingerprint density at radius 2 is 1.47 bits per heavy atom. The van der Waals surface area contributed by atoms with Crippen molar-refractivity contribution in [2.75, 3.05) is 35.5 Å². The molecule has 1 aromatic carbocycles. The smallest absolute Gasteiger partial charge is 0.261 e. The van der Waals surface area contributed by atoms with E-state index in [0.29, 0.717) is 34.8 Å². The third-order valence-electron chi connectivity index (χ3n) is 6.36. The summed E-state index contributed by atoms with van der Waals surface area (Å²) in [4.78, 5) is 12.7. The zero-order chi connectivity index (χ0) is 22.2. The summed E-state index contributed by atoms with van der Waals surface area (Å²) in [6, 6.07) is 1.79. The summed E-state index contributed by atoms with van der Waals surface area (Å²) in [5.74, 6) is 1.43. The summed E-state index contributed by atoms with van der Waals surface area (Å²) >= 11 is 0. The van der Waals surface area contributed by atoms with Crippen molar-refractivity contribution in [3.05, 3.63) is 40.9 Å². The number of aliphatic hydroxyl groups is 1. The quantitative estimate of drug-likeness (QED) is 0.785. The molecule has 0 bridgehead atoms. The first-order valence-corrected chi connectivity index (χ1v) is 9.88. The van der Waals surface area contributed by atoms with Gasteiger partial charge in [-0.25, -0.2) is 0 Å². The molecular formula is C23H30O7. The van der Waals surface area contributed by atoms with Crippen molar-refractivity contribution in [3.63, 3.8) is 0 Å². The topological polar surface area (TPSA) is 83.5 Å². The van der Waals surface area contributed by atoms with E-state index in [1.807, 2.05) is 6.92 Å². The number of methoxy groups -OCH3 is 5. The molecule has 1 N–H and O–H groups in total. The highest BCUT2D eigenvalue weighted by Gasteiger charge is 2.47. The Morgan fingerprint density at radius 1 is 0.900 bits per heavy atom. The number of benzene rings is 1. The number of ether oxygens (including phenoxy) is 5. The molecule has 0 saturated carbocycles. The molecule has 0 radical (unpaired) electrons. The van der Waals surface area contributed by atoms with Gasteiger partial charge in [0.1, 0.15) is 0 Å². The van der Waals surface area contributed by atoms with Crippen molar-refractivity contribution in [1.82, 2.24) is 0 Å². The van der Waals surface area contributed by atoms with Crippen molar-refractivity contribution in [2.45, 2.75) is 31.8 Å². The maximum absolute atomic E-state index is 12.7. The fraction of sp³-hybridized carbons (Fsp3) is 0.522. The number of Topliss-reactive ketones (excluding diaryl/α,β-unsaturated/α-hetero) is 1.